The van der Waals surface area contributed by atoms with E-state index in [1.54, 1.807) is 0 Å². The molecule has 0 saturated carbocycles. The SMILES string of the molecule is CC(C)CN1CCOC(CN2CC(C)C(N)C2)C1. The molecule has 106 valence electrons. The molecule has 0 aliphatic carbocycles. The fourth-order valence-corrected chi connectivity index (χ4v) is 3.11. The van der Waals surface area contributed by atoms with Crippen LogP contribution in [0.1, 0.15) is 20.8 Å². The lowest BCUT2D eigenvalue weighted by Gasteiger charge is -2.35. The maximum absolute atomic E-state index is 6.07. The average Bonchev–Trinajstić information content (AvgIpc) is 2.57. The fraction of sp³-hybridized carbons (Fsp3) is 1.00. The second-order valence-electron chi connectivity index (χ2n) is 6.51. The predicted octanol–water partition coefficient (Wildman–Crippen LogP) is 0.622. The van der Waals surface area contributed by atoms with Crippen LogP contribution in [0.4, 0.5) is 0 Å². The van der Waals surface area contributed by atoms with Crippen LogP contribution in [0.5, 0.6) is 0 Å². The maximum Gasteiger partial charge on any atom is 0.0829 e. The Hall–Kier alpha value is -0.160. The first kappa shape index (κ1) is 14.3. The van der Waals surface area contributed by atoms with Crippen molar-refractivity contribution >= 4 is 0 Å². The highest BCUT2D eigenvalue weighted by Crippen LogP contribution is 2.17. The zero-order valence-electron chi connectivity index (χ0n) is 12.1. The molecule has 0 amide bonds. The molecule has 4 heteroatoms. The third-order valence-corrected chi connectivity index (χ3v) is 4.05. The Bertz CT molecular complexity index is 249. The first-order valence-corrected chi connectivity index (χ1v) is 7.36. The van der Waals surface area contributed by atoms with Crippen LogP contribution in [0.3, 0.4) is 0 Å². The van der Waals surface area contributed by atoms with Crippen LogP contribution in [-0.2, 0) is 4.74 Å². The van der Waals surface area contributed by atoms with Crippen molar-refractivity contribution in [2.75, 3.05) is 45.9 Å². The van der Waals surface area contributed by atoms with E-state index >= 15 is 0 Å². The van der Waals surface area contributed by atoms with Gasteiger partial charge >= 0.3 is 0 Å². The summed E-state index contributed by atoms with van der Waals surface area (Å²) >= 11 is 0. The molecule has 0 aromatic carbocycles. The van der Waals surface area contributed by atoms with Crippen molar-refractivity contribution in [1.29, 1.82) is 0 Å². The maximum atomic E-state index is 6.07. The van der Waals surface area contributed by atoms with E-state index < -0.39 is 0 Å². The van der Waals surface area contributed by atoms with Crippen molar-refractivity contribution in [3.63, 3.8) is 0 Å². The number of nitrogens with zero attached hydrogens (tertiary/aromatic N) is 2. The largest absolute Gasteiger partial charge is 0.374 e. The molecule has 3 unspecified atom stereocenters. The van der Waals surface area contributed by atoms with Crippen molar-refractivity contribution < 1.29 is 4.74 Å². The minimum absolute atomic E-state index is 0.348. The summed E-state index contributed by atoms with van der Waals surface area (Å²) in [6, 6.07) is 0.348. The summed E-state index contributed by atoms with van der Waals surface area (Å²) in [6.45, 7) is 14.3. The number of rotatable bonds is 4. The molecule has 2 saturated heterocycles. The molecule has 0 aromatic heterocycles. The number of hydrogen-bond donors (Lipinski definition) is 1. The Labute approximate surface area is 111 Å². The number of ether oxygens (including phenoxy) is 1. The molecule has 0 bridgehead atoms. The molecular weight excluding hydrogens is 226 g/mol. The third-order valence-electron chi connectivity index (χ3n) is 4.05. The van der Waals surface area contributed by atoms with Crippen LogP contribution in [0.2, 0.25) is 0 Å². The van der Waals surface area contributed by atoms with E-state index in [0.717, 1.165) is 45.2 Å². The van der Waals surface area contributed by atoms with Gasteiger partial charge in [-0.25, -0.2) is 0 Å². The molecule has 0 spiro atoms. The highest BCUT2D eigenvalue weighted by molar-refractivity contribution is 4.86. The van der Waals surface area contributed by atoms with Crippen molar-refractivity contribution in [1.82, 2.24) is 9.80 Å². The normalized spacial score (nSPS) is 35.5. The average molecular weight is 255 g/mol. The lowest BCUT2D eigenvalue weighted by atomic mass is 10.1. The molecule has 2 fully saturated rings. The van der Waals surface area contributed by atoms with Crippen LogP contribution in [0, 0.1) is 11.8 Å². The van der Waals surface area contributed by atoms with Crippen LogP contribution in [-0.4, -0.2) is 67.8 Å². The molecule has 0 aromatic rings. The molecule has 2 aliphatic rings. The number of likely N-dealkylation sites (tertiary alicyclic amines) is 1. The van der Waals surface area contributed by atoms with E-state index in [2.05, 4.69) is 30.6 Å². The van der Waals surface area contributed by atoms with Crippen molar-refractivity contribution in [3.8, 4) is 0 Å². The van der Waals surface area contributed by atoms with E-state index in [0.29, 0.717) is 18.1 Å². The predicted molar refractivity (Wildman–Crippen MR) is 74.6 cm³/mol. The first-order valence-electron chi connectivity index (χ1n) is 7.36. The van der Waals surface area contributed by atoms with E-state index in [4.69, 9.17) is 10.5 Å². The van der Waals surface area contributed by atoms with Crippen LogP contribution in [0.15, 0.2) is 0 Å². The Morgan fingerprint density at radius 1 is 1.22 bits per heavy atom. The van der Waals surface area contributed by atoms with Crippen molar-refractivity contribution in [2.45, 2.75) is 32.9 Å². The smallest absolute Gasteiger partial charge is 0.0829 e. The summed E-state index contributed by atoms with van der Waals surface area (Å²) in [5, 5.41) is 0. The second kappa shape index (κ2) is 6.33. The lowest BCUT2D eigenvalue weighted by molar-refractivity contribution is -0.0439. The highest BCUT2D eigenvalue weighted by atomic mass is 16.5. The van der Waals surface area contributed by atoms with Gasteiger partial charge in [-0.2, -0.15) is 0 Å². The van der Waals surface area contributed by atoms with Gasteiger partial charge < -0.3 is 10.5 Å². The molecule has 2 N–H and O–H groups in total. The van der Waals surface area contributed by atoms with Crippen LogP contribution < -0.4 is 5.73 Å². The Morgan fingerprint density at radius 2 is 2.00 bits per heavy atom. The van der Waals surface area contributed by atoms with E-state index in [1.807, 2.05) is 0 Å². The first-order chi connectivity index (χ1) is 8.54. The molecule has 2 rings (SSSR count). The Kier molecular flexibility index (Phi) is 5.01. The molecule has 3 atom stereocenters. The van der Waals surface area contributed by atoms with Gasteiger partial charge in [0.25, 0.3) is 0 Å². The topological polar surface area (TPSA) is 41.7 Å². The zero-order chi connectivity index (χ0) is 13.1. The van der Waals surface area contributed by atoms with Gasteiger partial charge in [0.2, 0.25) is 0 Å². The van der Waals surface area contributed by atoms with Gasteiger partial charge in [0, 0.05) is 45.3 Å². The molecule has 0 radical (unpaired) electrons. The standard InChI is InChI=1S/C14H29N3O/c1-11(2)6-16-4-5-18-13(8-16)9-17-7-12(3)14(15)10-17/h11-14H,4-10,15H2,1-3H3. The van der Waals surface area contributed by atoms with E-state index in [-0.39, 0.29) is 0 Å². The summed E-state index contributed by atoms with van der Waals surface area (Å²) in [6.07, 6.45) is 0.370. The minimum Gasteiger partial charge on any atom is -0.374 e. The molecule has 18 heavy (non-hydrogen) atoms. The van der Waals surface area contributed by atoms with Crippen molar-refractivity contribution in [3.05, 3.63) is 0 Å². The lowest BCUT2D eigenvalue weighted by Crippen LogP contribution is -2.48. The summed E-state index contributed by atoms with van der Waals surface area (Å²) in [5.41, 5.74) is 6.07. The quantitative estimate of drug-likeness (QED) is 0.800. The van der Waals surface area contributed by atoms with Gasteiger partial charge in [-0.1, -0.05) is 20.8 Å². The van der Waals surface area contributed by atoms with Gasteiger partial charge in [-0.15, -0.1) is 0 Å². The Balaban J connectivity index is 1.76. The van der Waals surface area contributed by atoms with E-state index in [9.17, 15) is 0 Å². The highest BCUT2D eigenvalue weighted by Gasteiger charge is 2.30. The summed E-state index contributed by atoms with van der Waals surface area (Å²) in [4.78, 5) is 5.01. The fourth-order valence-electron chi connectivity index (χ4n) is 3.11. The van der Waals surface area contributed by atoms with Gasteiger partial charge in [0.1, 0.15) is 0 Å². The molecular formula is C14H29N3O. The number of hydrogen-bond acceptors (Lipinski definition) is 4. The van der Waals surface area contributed by atoms with Crippen LogP contribution >= 0.6 is 0 Å². The monoisotopic (exact) mass is 255 g/mol. The Morgan fingerprint density at radius 3 is 2.61 bits per heavy atom. The second-order valence-corrected chi connectivity index (χ2v) is 6.51. The number of nitrogens with two attached hydrogens (primary N) is 1. The summed E-state index contributed by atoms with van der Waals surface area (Å²) in [5.74, 6) is 1.37. The molecule has 2 aliphatic heterocycles. The summed E-state index contributed by atoms with van der Waals surface area (Å²) in [7, 11) is 0. The zero-order valence-corrected chi connectivity index (χ0v) is 12.1. The minimum atomic E-state index is 0.348. The number of morpholine rings is 1. The van der Waals surface area contributed by atoms with Gasteiger partial charge in [-0.3, -0.25) is 9.80 Å². The molecule has 4 nitrogen and oxygen atoms in total. The third kappa shape index (κ3) is 3.92. The van der Waals surface area contributed by atoms with Gasteiger partial charge in [-0.05, 0) is 11.8 Å². The van der Waals surface area contributed by atoms with Gasteiger partial charge in [0.05, 0.1) is 12.7 Å². The van der Waals surface area contributed by atoms with Crippen LogP contribution in [0.25, 0.3) is 0 Å². The molecule has 2 heterocycles. The summed E-state index contributed by atoms with van der Waals surface area (Å²) < 4.78 is 5.90. The van der Waals surface area contributed by atoms with Crippen molar-refractivity contribution in [2.24, 2.45) is 17.6 Å². The van der Waals surface area contributed by atoms with Gasteiger partial charge in [0.15, 0.2) is 0 Å². The van der Waals surface area contributed by atoms with E-state index in [1.165, 1.54) is 6.54 Å².